The van der Waals surface area contributed by atoms with Crippen LogP contribution in [-0.2, 0) is 9.59 Å². The number of nitrogens with zero attached hydrogens (tertiary/aromatic N) is 1. The van der Waals surface area contributed by atoms with Crippen molar-refractivity contribution < 1.29 is 19.1 Å². The zero-order valence-electron chi connectivity index (χ0n) is 17.5. The molecule has 1 atom stereocenters. The van der Waals surface area contributed by atoms with E-state index in [1.165, 1.54) is 23.1 Å². The number of anilines is 1. The van der Waals surface area contributed by atoms with E-state index >= 15 is 0 Å². The lowest BCUT2D eigenvalue weighted by Gasteiger charge is -2.26. The number of aryl methyl sites for hydroxylation is 3. The molecule has 3 aromatic rings. The van der Waals surface area contributed by atoms with Crippen molar-refractivity contribution >= 4 is 23.1 Å². The fraction of sp³-hybridized carbons (Fsp3) is 0.154. The third-order valence-electron chi connectivity index (χ3n) is 5.48. The van der Waals surface area contributed by atoms with Gasteiger partial charge in [0.1, 0.15) is 11.6 Å². The third kappa shape index (κ3) is 3.63. The Labute approximate surface area is 180 Å². The minimum absolute atomic E-state index is 0.0126. The molecule has 0 saturated carbocycles. The quantitative estimate of drug-likeness (QED) is 0.355. The van der Waals surface area contributed by atoms with Crippen molar-refractivity contribution in [3.63, 3.8) is 0 Å². The molecule has 1 aliphatic rings. The molecule has 4 rings (SSSR count). The maximum atomic E-state index is 13.8. The fourth-order valence-corrected chi connectivity index (χ4v) is 4.09. The number of benzene rings is 3. The van der Waals surface area contributed by atoms with Gasteiger partial charge in [-0.1, -0.05) is 36.4 Å². The number of aliphatic hydroxyl groups excluding tert-OH is 1. The Bertz CT molecular complexity index is 1210. The van der Waals surface area contributed by atoms with Crippen molar-refractivity contribution in [2.24, 2.45) is 0 Å². The van der Waals surface area contributed by atoms with Crippen molar-refractivity contribution in [1.82, 2.24) is 0 Å². The van der Waals surface area contributed by atoms with Gasteiger partial charge in [0.2, 0.25) is 0 Å². The molecular weight excluding hydrogens is 393 g/mol. The summed E-state index contributed by atoms with van der Waals surface area (Å²) in [6.07, 6.45) is 0. The Kier molecular flexibility index (Phi) is 5.19. The largest absolute Gasteiger partial charge is 0.507 e. The van der Waals surface area contributed by atoms with Crippen LogP contribution in [0.2, 0.25) is 0 Å². The number of hydrogen-bond acceptors (Lipinski definition) is 3. The molecule has 4 nitrogen and oxygen atoms in total. The van der Waals surface area contributed by atoms with Crippen LogP contribution in [0.5, 0.6) is 0 Å². The summed E-state index contributed by atoms with van der Waals surface area (Å²) in [6, 6.07) is 18.1. The normalized spacial score (nSPS) is 17.9. The van der Waals surface area contributed by atoms with E-state index in [-0.39, 0.29) is 11.3 Å². The lowest BCUT2D eigenvalue weighted by Crippen LogP contribution is -2.29. The number of hydrogen-bond donors (Lipinski definition) is 1. The predicted molar refractivity (Wildman–Crippen MR) is 118 cm³/mol. The van der Waals surface area contributed by atoms with Gasteiger partial charge < -0.3 is 5.11 Å². The van der Waals surface area contributed by atoms with Crippen LogP contribution in [0.15, 0.2) is 72.3 Å². The average molecular weight is 415 g/mol. The number of ketones is 1. The van der Waals surface area contributed by atoms with Gasteiger partial charge in [-0.2, -0.15) is 0 Å². The molecule has 1 N–H and O–H groups in total. The minimum Gasteiger partial charge on any atom is -0.507 e. The Morgan fingerprint density at radius 3 is 2.16 bits per heavy atom. The van der Waals surface area contributed by atoms with Crippen LogP contribution in [0.1, 0.15) is 33.9 Å². The molecule has 31 heavy (non-hydrogen) atoms. The third-order valence-corrected chi connectivity index (χ3v) is 5.48. The summed E-state index contributed by atoms with van der Waals surface area (Å²) in [5.74, 6) is -2.21. The van der Waals surface area contributed by atoms with Crippen LogP contribution >= 0.6 is 0 Å². The molecule has 0 spiro atoms. The zero-order chi connectivity index (χ0) is 22.3. The lowest BCUT2D eigenvalue weighted by molar-refractivity contribution is -0.132. The number of carbonyl (C=O) groups excluding carboxylic acids is 2. The smallest absolute Gasteiger partial charge is 0.300 e. The van der Waals surface area contributed by atoms with Gasteiger partial charge in [0.25, 0.3) is 11.7 Å². The molecule has 1 heterocycles. The lowest BCUT2D eigenvalue weighted by atomic mass is 9.94. The van der Waals surface area contributed by atoms with Crippen LogP contribution in [0.25, 0.3) is 5.76 Å². The Morgan fingerprint density at radius 2 is 1.55 bits per heavy atom. The van der Waals surface area contributed by atoms with Gasteiger partial charge in [-0.25, -0.2) is 4.39 Å². The highest BCUT2D eigenvalue weighted by Crippen LogP contribution is 2.42. The van der Waals surface area contributed by atoms with Gasteiger partial charge in [-0.3, -0.25) is 14.5 Å². The standard InChI is InChI=1S/C26H22FNO3/c1-15-11-16(2)13-20(12-15)28-23(18-7-5-4-6-8-18)22(25(30)26(28)31)24(29)19-9-10-21(27)17(3)14-19/h4-14,23,29H,1-3H3/b24-22-. The average Bonchev–Trinajstić information content (AvgIpc) is 3.00. The summed E-state index contributed by atoms with van der Waals surface area (Å²) in [6.45, 7) is 5.42. The number of Topliss-reactive ketones (excluding diaryl/α,β-unsaturated/α-hetero) is 1. The van der Waals surface area contributed by atoms with E-state index in [1.54, 1.807) is 6.92 Å². The van der Waals surface area contributed by atoms with E-state index in [2.05, 4.69) is 0 Å². The summed E-state index contributed by atoms with van der Waals surface area (Å²) in [7, 11) is 0. The van der Waals surface area contributed by atoms with Gasteiger partial charge in [0, 0.05) is 11.3 Å². The van der Waals surface area contributed by atoms with Crippen LogP contribution in [0.3, 0.4) is 0 Å². The highest BCUT2D eigenvalue weighted by molar-refractivity contribution is 6.51. The van der Waals surface area contributed by atoms with Crippen LogP contribution in [-0.4, -0.2) is 16.8 Å². The molecule has 0 aromatic heterocycles. The van der Waals surface area contributed by atoms with Crippen LogP contribution in [0.4, 0.5) is 10.1 Å². The van der Waals surface area contributed by atoms with E-state index in [0.717, 1.165) is 11.1 Å². The highest BCUT2D eigenvalue weighted by Gasteiger charge is 2.47. The van der Waals surface area contributed by atoms with E-state index in [9.17, 15) is 19.1 Å². The molecule has 5 heteroatoms. The maximum Gasteiger partial charge on any atom is 0.300 e. The molecule has 0 radical (unpaired) electrons. The van der Waals surface area contributed by atoms with Gasteiger partial charge in [-0.15, -0.1) is 0 Å². The topological polar surface area (TPSA) is 57.6 Å². The fourth-order valence-electron chi connectivity index (χ4n) is 4.09. The van der Waals surface area contributed by atoms with Crippen LogP contribution < -0.4 is 4.90 Å². The predicted octanol–water partition coefficient (Wildman–Crippen LogP) is 5.38. The molecule has 156 valence electrons. The van der Waals surface area contributed by atoms with Crippen molar-refractivity contribution in [3.8, 4) is 0 Å². The SMILES string of the molecule is Cc1cc(C)cc(N2C(=O)C(=O)/C(=C(\O)c3ccc(F)c(C)c3)C2c2ccccc2)c1. The first-order valence-electron chi connectivity index (χ1n) is 9.98. The second-order valence-electron chi connectivity index (χ2n) is 7.89. The Morgan fingerprint density at radius 1 is 0.903 bits per heavy atom. The van der Waals surface area contributed by atoms with Crippen molar-refractivity contribution in [2.45, 2.75) is 26.8 Å². The second-order valence-corrected chi connectivity index (χ2v) is 7.89. The molecule has 0 aliphatic carbocycles. The van der Waals surface area contributed by atoms with Crippen LogP contribution in [0, 0.1) is 26.6 Å². The molecule has 1 saturated heterocycles. The zero-order valence-corrected chi connectivity index (χ0v) is 17.5. The van der Waals surface area contributed by atoms with Crippen molar-refractivity contribution in [2.75, 3.05) is 4.90 Å². The maximum absolute atomic E-state index is 13.8. The van der Waals surface area contributed by atoms with Gasteiger partial charge in [0.15, 0.2) is 0 Å². The monoisotopic (exact) mass is 415 g/mol. The van der Waals surface area contributed by atoms with Gasteiger partial charge >= 0.3 is 0 Å². The molecule has 1 fully saturated rings. The highest BCUT2D eigenvalue weighted by atomic mass is 19.1. The summed E-state index contributed by atoms with van der Waals surface area (Å²) in [4.78, 5) is 27.7. The molecule has 1 amide bonds. The number of halogens is 1. The van der Waals surface area contributed by atoms with E-state index < -0.39 is 23.5 Å². The first-order chi connectivity index (χ1) is 14.8. The van der Waals surface area contributed by atoms with E-state index in [4.69, 9.17) is 0 Å². The number of aliphatic hydroxyl groups is 1. The number of carbonyl (C=O) groups is 2. The summed E-state index contributed by atoms with van der Waals surface area (Å²) in [5, 5.41) is 11.1. The number of amides is 1. The summed E-state index contributed by atoms with van der Waals surface area (Å²) in [5.41, 5.74) is 3.81. The summed E-state index contributed by atoms with van der Waals surface area (Å²) < 4.78 is 13.8. The molecular formula is C26H22FNO3. The summed E-state index contributed by atoms with van der Waals surface area (Å²) >= 11 is 0. The minimum atomic E-state index is -0.798. The molecule has 0 bridgehead atoms. The van der Waals surface area contributed by atoms with Gasteiger partial charge in [-0.05, 0) is 73.4 Å². The van der Waals surface area contributed by atoms with E-state index in [0.29, 0.717) is 22.4 Å². The van der Waals surface area contributed by atoms with E-state index in [1.807, 2.05) is 62.4 Å². The molecule has 1 unspecified atom stereocenters. The first-order valence-corrected chi connectivity index (χ1v) is 9.98. The molecule has 3 aromatic carbocycles. The number of rotatable bonds is 3. The van der Waals surface area contributed by atoms with Crippen molar-refractivity contribution in [1.29, 1.82) is 0 Å². The Hall–Kier alpha value is -3.73. The Balaban J connectivity index is 1.97. The van der Waals surface area contributed by atoms with Gasteiger partial charge in [0.05, 0.1) is 11.6 Å². The first kappa shape index (κ1) is 20.5. The molecule has 1 aliphatic heterocycles. The van der Waals surface area contributed by atoms with Crippen molar-refractivity contribution in [3.05, 3.63) is 106 Å². The second kappa shape index (κ2) is 7.84.